The number of methoxy groups -OCH3 is 3. The third kappa shape index (κ3) is 4.25. The Hall–Kier alpha value is -3.68. The highest BCUT2D eigenvalue weighted by Gasteiger charge is 2.48. The predicted octanol–water partition coefficient (Wildman–Crippen LogP) is 5.95. The molecule has 1 fully saturated rings. The van der Waals surface area contributed by atoms with Gasteiger partial charge in [-0.2, -0.15) is 0 Å². The Bertz CT molecular complexity index is 1400. The number of hydrogen-bond acceptors (Lipinski definition) is 6. The maximum Gasteiger partial charge on any atom is 0.300 e. The summed E-state index contributed by atoms with van der Waals surface area (Å²) in [7, 11) is 4.42. The number of aliphatic hydroxyl groups excluding tert-OH is 1. The number of amides is 1. The molecule has 0 spiro atoms. The fraction of sp³-hybridized carbons (Fsp3) is 0.185. The summed E-state index contributed by atoms with van der Waals surface area (Å²) in [5, 5.41) is 12.2. The van der Waals surface area contributed by atoms with Crippen LogP contribution < -0.4 is 19.1 Å². The lowest BCUT2D eigenvalue weighted by Crippen LogP contribution is -2.30. The molecule has 1 amide bonds. The Kier molecular flexibility index (Phi) is 7.15. The summed E-state index contributed by atoms with van der Waals surface area (Å²) < 4.78 is 16.2. The average molecular weight is 528 g/mol. The highest BCUT2D eigenvalue weighted by molar-refractivity contribution is 6.52. The number of Topliss-reactive ketones (excluding diaryl/α,β-unsaturated/α-hetero) is 1. The van der Waals surface area contributed by atoms with E-state index >= 15 is 0 Å². The van der Waals surface area contributed by atoms with Crippen LogP contribution in [0.4, 0.5) is 5.69 Å². The van der Waals surface area contributed by atoms with Crippen LogP contribution in [0.5, 0.6) is 17.2 Å². The largest absolute Gasteiger partial charge is 0.507 e. The van der Waals surface area contributed by atoms with Crippen molar-refractivity contribution in [2.24, 2.45) is 0 Å². The second kappa shape index (κ2) is 10.1. The third-order valence-corrected chi connectivity index (χ3v) is 6.73. The quantitative estimate of drug-likeness (QED) is 0.242. The molecule has 1 N–H and O–H groups in total. The van der Waals surface area contributed by atoms with E-state index < -0.39 is 23.5 Å². The molecule has 0 aromatic heterocycles. The molecule has 186 valence electrons. The van der Waals surface area contributed by atoms with Crippen molar-refractivity contribution >= 4 is 46.3 Å². The molecule has 0 radical (unpaired) electrons. The molecule has 1 unspecified atom stereocenters. The third-order valence-electron chi connectivity index (χ3n) is 6.08. The lowest BCUT2D eigenvalue weighted by atomic mass is 9.94. The van der Waals surface area contributed by atoms with E-state index in [9.17, 15) is 14.7 Å². The first-order valence-electron chi connectivity index (χ1n) is 10.8. The van der Waals surface area contributed by atoms with Gasteiger partial charge in [-0.3, -0.25) is 14.5 Å². The second-order valence-corrected chi connectivity index (χ2v) is 8.86. The standard InChI is InChI=1S/C27H23Cl2NO6/c1-14-18(29)6-5-7-19(14)30-24(15-8-10-21(35-3)22(12-15)36-4)23(26(32)27(30)33)25(31)17-13-16(28)9-11-20(17)34-2/h5-13,24,31H,1-4H3/b25-23+. The molecule has 7 nitrogen and oxygen atoms in total. The van der Waals surface area contributed by atoms with Crippen LogP contribution in [0.15, 0.2) is 60.2 Å². The zero-order chi connectivity index (χ0) is 26.1. The first kappa shape index (κ1) is 25.4. The maximum absolute atomic E-state index is 13.5. The molecular weight excluding hydrogens is 505 g/mol. The Morgan fingerprint density at radius 2 is 1.56 bits per heavy atom. The van der Waals surface area contributed by atoms with Gasteiger partial charge in [0.25, 0.3) is 11.7 Å². The van der Waals surface area contributed by atoms with Crippen LogP contribution in [-0.4, -0.2) is 38.1 Å². The van der Waals surface area contributed by atoms with Crippen molar-refractivity contribution in [3.05, 3.63) is 86.9 Å². The summed E-state index contributed by atoms with van der Waals surface area (Å²) >= 11 is 12.5. The summed E-state index contributed by atoms with van der Waals surface area (Å²) in [6.07, 6.45) is 0. The van der Waals surface area contributed by atoms with Crippen LogP contribution in [-0.2, 0) is 9.59 Å². The fourth-order valence-corrected chi connectivity index (χ4v) is 4.63. The van der Waals surface area contributed by atoms with Crippen molar-refractivity contribution in [3.8, 4) is 17.2 Å². The molecule has 1 aliphatic heterocycles. The smallest absolute Gasteiger partial charge is 0.300 e. The van der Waals surface area contributed by atoms with Crippen molar-refractivity contribution < 1.29 is 28.9 Å². The minimum absolute atomic E-state index is 0.132. The summed E-state index contributed by atoms with van der Waals surface area (Å²) in [5.74, 6) is -0.962. The zero-order valence-corrected chi connectivity index (χ0v) is 21.5. The molecule has 1 saturated heterocycles. The van der Waals surface area contributed by atoms with Crippen LogP contribution in [0.2, 0.25) is 10.0 Å². The minimum atomic E-state index is -1.01. The number of ether oxygens (including phenoxy) is 3. The molecule has 9 heteroatoms. The predicted molar refractivity (Wildman–Crippen MR) is 139 cm³/mol. The van der Waals surface area contributed by atoms with Gasteiger partial charge >= 0.3 is 0 Å². The first-order chi connectivity index (χ1) is 17.2. The molecule has 3 aromatic carbocycles. The van der Waals surface area contributed by atoms with Gasteiger partial charge in [-0.05, 0) is 60.5 Å². The highest BCUT2D eigenvalue weighted by atomic mass is 35.5. The van der Waals surface area contributed by atoms with Crippen LogP contribution in [0.25, 0.3) is 5.76 Å². The van der Waals surface area contributed by atoms with Gasteiger partial charge in [-0.25, -0.2) is 0 Å². The normalized spacial score (nSPS) is 16.8. The number of nitrogens with zero attached hydrogens (tertiary/aromatic N) is 1. The molecule has 0 aliphatic carbocycles. The van der Waals surface area contributed by atoms with Gasteiger partial charge in [-0.1, -0.05) is 35.3 Å². The van der Waals surface area contributed by atoms with E-state index in [1.807, 2.05) is 0 Å². The van der Waals surface area contributed by atoms with E-state index in [2.05, 4.69) is 0 Å². The maximum atomic E-state index is 13.5. The minimum Gasteiger partial charge on any atom is -0.507 e. The summed E-state index contributed by atoms with van der Waals surface area (Å²) in [6, 6.07) is 13.7. The number of aliphatic hydroxyl groups is 1. The van der Waals surface area contributed by atoms with Crippen LogP contribution >= 0.6 is 23.2 Å². The Labute approximate surface area is 218 Å². The molecule has 3 aromatic rings. The van der Waals surface area contributed by atoms with Gasteiger partial charge < -0.3 is 19.3 Å². The number of hydrogen-bond donors (Lipinski definition) is 1. The van der Waals surface area contributed by atoms with Gasteiger partial charge in [0.05, 0.1) is 38.5 Å². The number of carbonyl (C=O) groups excluding carboxylic acids is 2. The Morgan fingerprint density at radius 1 is 0.889 bits per heavy atom. The molecule has 0 saturated carbocycles. The number of ketones is 1. The van der Waals surface area contributed by atoms with Gasteiger partial charge in [0.15, 0.2) is 11.5 Å². The number of halogens is 2. The number of carbonyl (C=O) groups is 2. The van der Waals surface area contributed by atoms with E-state index in [1.54, 1.807) is 55.5 Å². The van der Waals surface area contributed by atoms with E-state index in [1.165, 1.54) is 32.3 Å². The Balaban J connectivity index is 2.04. The van der Waals surface area contributed by atoms with E-state index in [-0.39, 0.29) is 16.9 Å². The Morgan fingerprint density at radius 3 is 2.22 bits per heavy atom. The molecular formula is C27H23Cl2NO6. The molecule has 36 heavy (non-hydrogen) atoms. The lowest BCUT2D eigenvalue weighted by molar-refractivity contribution is -0.132. The topological polar surface area (TPSA) is 85.3 Å². The van der Waals surface area contributed by atoms with Gasteiger partial charge in [0, 0.05) is 15.7 Å². The second-order valence-electron chi connectivity index (χ2n) is 8.01. The van der Waals surface area contributed by atoms with Gasteiger partial charge in [0.2, 0.25) is 0 Å². The van der Waals surface area contributed by atoms with Gasteiger partial charge in [-0.15, -0.1) is 0 Å². The van der Waals surface area contributed by atoms with Crippen molar-refractivity contribution in [2.45, 2.75) is 13.0 Å². The fourth-order valence-electron chi connectivity index (χ4n) is 4.29. The molecule has 4 rings (SSSR count). The van der Waals surface area contributed by atoms with E-state index in [0.29, 0.717) is 38.4 Å². The monoisotopic (exact) mass is 527 g/mol. The van der Waals surface area contributed by atoms with Crippen molar-refractivity contribution in [2.75, 3.05) is 26.2 Å². The summed E-state index contributed by atoms with van der Waals surface area (Å²) in [4.78, 5) is 28.3. The molecule has 1 heterocycles. The average Bonchev–Trinajstić information content (AvgIpc) is 3.14. The number of rotatable bonds is 6. The first-order valence-corrected chi connectivity index (χ1v) is 11.6. The zero-order valence-electron chi connectivity index (χ0n) is 20.0. The highest BCUT2D eigenvalue weighted by Crippen LogP contribution is 2.46. The van der Waals surface area contributed by atoms with Crippen LogP contribution in [0.3, 0.4) is 0 Å². The van der Waals surface area contributed by atoms with Crippen molar-refractivity contribution in [3.63, 3.8) is 0 Å². The molecule has 0 bridgehead atoms. The van der Waals surface area contributed by atoms with E-state index in [0.717, 1.165) is 0 Å². The number of anilines is 1. The van der Waals surface area contributed by atoms with Crippen LogP contribution in [0.1, 0.15) is 22.7 Å². The summed E-state index contributed by atoms with van der Waals surface area (Å²) in [6.45, 7) is 1.75. The van der Waals surface area contributed by atoms with E-state index in [4.69, 9.17) is 37.4 Å². The van der Waals surface area contributed by atoms with Crippen molar-refractivity contribution in [1.82, 2.24) is 0 Å². The SMILES string of the molecule is COc1ccc(C2/C(=C(\O)c3cc(Cl)ccc3OC)C(=O)C(=O)N2c2cccc(Cl)c2C)cc1OC. The summed E-state index contributed by atoms with van der Waals surface area (Å²) in [5.41, 5.74) is 1.59. The lowest BCUT2D eigenvalue weighted by Gasteiger charge is -2.27. The molecule has 1 atom stereocenters. The van der Waals surface area contributed by atoms with Crippen LogP contribution in [0, 0.1) is 6.92 Å². The van der Waals surface area contributed by atoms with Crippen molar-refractivity contribution in [1.29, 1.82) is 0 Å². The molecule has 1 aliphatic rings. The number of benzene rings is 3. The van der Waals surface area contributed by atoms with Gasteiger partial charge in [0.1, 0.15) is 11.5 Å².